The minimum Gasteiger partial charge on any atom is -0.357 e. The molecular weight excluding hydrogens is 561 g/mol. The largest absolute Gasteiger partial charge is 0.357 e. The standard InChI is InChI=1S/C28H29Cl2N3O5S/c1-19(34)21-11-7-12-22(16-21)33(39(3,37)38)18-27(35)32(17-23-24(29)13-8-14-25(23)30)26(28(36)31-2)15-20-9-5-4-6-10-20/h4-14,16,26H,15,17-18H2,1-3H3,(H,31,36)/t26-/m1/s1. The fourth-order valence-electron chi connectivity index (χ4n) is 4.07. The second-order valence-electron chi connectivity index (χ2n) is 8.92. The van der Waals surface area contributed by atoms with Crippen molar-refractivity contribution in [3.63, 3.8) is 0 Å². The Morgan fingerprint density at radius 2 is 1.54 bits per heavy atom. The van der Waals surface area contributed by atoms with Crippen molar-refractivity contribution in [2.45, 2.75) is 25.9 Å². The summed E-state index contributed by atoms with van der Waals surface area (Å²) in [7, 11) is -2.51. The molecule has 3 aromatic carbocycles. The molecule has 3 aromatic rings. The molecule has 0 fully saturated rings. The molecule has 11 heteroatoms. The molecule has 1 atom stereocenters. The van der Waals surface area contributed by atoms with Crippen LogP contribution in [-0.4, -0.2) is 56.8 Å². The van der Waals surface area contributed by atoms with Crippen LogP contribution in [0, 0.1) is 0 Å². The molecule has 0 unspecified atom stereocenters. The van der Waals surface area contributed by atoms with E-state index in [4.69, 9.17) is 23.2 Å². The predicted molar refractivity (Wildman–Crippen MR) is 154 cm³/mol. The maximum atomic E-state index is 14.0. The third-order valence-electron chi connectivity index (χ3n) is 6.13. The van der Waals surface area contributed by atoms with Crippen molar-refractivity contribution >= 4 is 56.5 Å². The number of Topliss-reactive ketones (excluding diaryl/α,β-unsaturated/α-hetero) is 1. The lowest BCUT2D eigenvalue weighted by Crippen LogP contribution is -2.53. The lowest BCUT2D eigenvalue weighted by molar-refractivity contribution is -0.139. The van der Waals surface area contributed by atoms with E-state index in [9.17, 15) is 22.8 Å². The molecule has 0 aliphatic rings. The molecule has 0 aliphatic heterocycles. The molecule has 0 saturated heterocycles. The highest BCUT2D eigenvalue weighted by atomic mass is 35.5. The van der Waals surface area contributed by atoms with Crippen molar-refractivity contribution < 1.29 is 22.8 Å². The third kappa shape index (κ3) is 7.81. The van der Waals surface area contributed by atoms with Gasteiger partial charge in [-0.3, -0.25) is 18.7 Å². The maximum Gasteiger partial charge on any atom is 0.244 e. The number of anilines is 1. The van der Waals surface area contributed by atoms with Gasteiger partial charge in [-0.05, 0) is 36.8 Å². The number of benzene rings is 3. The number of ketones is 1. The number of hydrogen-bond acceptors (Lipinski definition) is 5. The van der Waals surface area contributed by atoms with Crippen LogP contribution in [0.25, 0.3) is 0 Å². The van der Waals surface area contributed by atoms with E-state index in [0.717, 1.165) is 16.1 Å². The number of amides is 2. The minimum absolute atomic E-state index is 0.145. The molecule has 0 saturated carbocycles. The zero-order valence-electron chi connectivity index (χ0n) is 21.7. The van der Waals surface area contributed by atoms with Crippen molar-refractivity contribution in [3.8, 4) is 0 Å². The Morgan fingerprint density at radius 1 is 0.923 bits per heavy atom. The number of halogens is 2. The van der Waals surface area contributed by atoms with E-state index in [1.165, 1.54) is 31.0 Å². The zero-order chi connectivity index (χ0) is 28.7. The van der Waals surface area contributed by atoms with Crippen LogP contribution in [0.3, 0.4) is 0 Å². The summed E-state index contributed by atoms with van der Waals surface area (Å²) in [5.74, 6) is -1.36. The molecule has 0 heterocycles. The van der Waals surface area contributed by atoms with E-state index in [-0.39, 0.29) is 24.4 Å². The lowest BCUT2D eigenvalue weighted by Gasteiger charge is -2.33. The summed E-state index contributed by atoms with van der Waals surface area (Å²) < 4.78 is 26.6. The molecule has 8 nitrogen and oxygen atoms in total. The monoisotopic (exact) mass is 589 g/mol. The number of nitrogens with zero attached hydrogens (tertiary/aromatic N) is 2. The second-order valence-corrected chi connectivity index (χ2v) is 11.6. The quantitative estimate of drug-likeness (QED) is 0.335. The van der Waals surface area contributed by atoms with Crippen molar-refractivity contribution in [2.24, 2.45) is 0 Å². The van der Waals surface area contributed by atoms with Gasteiger partial charge in [-0.1, -0.05) is 71.7 Å². The third-order valence-corrected chi connectivity index (χ3v) is 7.98. The number of rotatable bonds is 11. The van der Waals surface area contributed by atoms with E-state index >= 15 is 0 Å². The van der Waals surface area contributed by atoms with Crippen molar-refractivity contribution in [3.05, 3.63) is 99.5 Å². The Kier molecular flexibility index (Phi) is 10.1. The predicted octanol–water partition coefficient (Wildman–Crippen LogP) is 4.35. The van der Waals surface area contributed by atoms with Crippen LogP contribution in [0.15, 0.2) is 72.8 Å². The highest BCUT2D eigenvalue weighted by Crippen LogP contribution is 2.28. The van der Waals surface area contributed by atoms with Gasteiger partial charge in [0.05, 0.1) is 11.9 Å². The molecule has 0 spiro atoms. The number of hydrogen-bond donors (Lipinski definition) is 1. The first-order chi connectivity index (χ1) is 18.4. The first kappa shape index (κ1) is 30.1. The molecule has 0 radical (unpaired) electrons. The average Bonchev–Trinajstić information content (AvgIpc) is 2.90. The topological polar surface area (TPSA) is 104 Å². The minimum atomic E-state index is -3.97. The second kappa shape index (κ2) is 13.1. The van der Waals surface area contributed by atoms with Crippen LogP contribution in [-0.2, 0) is 32.6 Å². The first-order valence-corrected chi connectivity index (χ1v) is 14.6. The molecule has 0 aromatic heterocycles. The van der Waals surface area contributed by atoms with Gasteiger partial charge in [0.1, 0.15) is 12.6 Å². The summed E-state index contributed by atoms with van der Waals surface area (Å²) in [5.41, 5.74) is 1.65. The molecule has 2 amide bonds. The van der Waals surface area contributed by atoms with Crippen LogP contribution < -0.4 is 9.62 Å². The number of nitrogens with one attached hydrogen (secondary N) is 1. The molecule has 0 bridgehead atoms. The van der Waals surface area contributed by atoms with Gasteiger partial charge in [0.15, 0.2) is 5.78 Å². The van der Waals surface area contributed by atoms with Gasteiger partial charge in [-0.2, -0.15) is 0 Å². The summed E-state index contributed by atoms with van der Waals surface area (Å²) in [6, 6.07) is 19.0. The fourth-order valence-corrected chi connectivity index (χ4v) is 5.43. The van der Waals surface area contributed by atoms with Gasteiger partial charge in [-0.15, -0.1) is 0 Å². The summed E-state index contributed by atoms with van der Waals surface area (Å²) in [4.78, 5) is 40.3. The van der Waals surface area contributed by atoms with Gasteiger partial charge in [0.2, 0.25) is 21.8 Å². The van der Waals surface area contributed by atoms with Crippen LogP contribution in [0.5, 0.6) is 0 Å². The molecular formula is C28H29Cl2N3O5S. The molecule has 1 N–H and O–H groups in total. The Labute approximate surface area is 238 Å². The zero-order valence-corrected chi connectivity index (χ0v) is 24.1. The van der Waals surface area contributed by atoms with Crippen molar-refractivity contribution in [2.75, 3.05) is 24.2 Å². The van der Waals surface area contributed by atoms with E-state index in [0.29, 0.717) is 21.2 Å². The van der Waals surface area contributed by atoms with Gasteiger partial charge in [0.25, 0.3) is 0 Å². The Balaban J connectivity index is 2.09. The summed E-state index contributed by atoms with van der Waals surface area (Å²) in [6.07, 6.45) is 1.13. The molecule has 206 valence electrons. The SMILES string of the molecule is CNC(=O)[C@@H](Cc1ccccc1)N(Cc1c(Cl)cccc1Cl)C(=O)CN(c1cccc(C(C)=O)c1)S(C)(=O)=O. The molecule has 0 aliphatic carbocycles. The Bertz CT molecular complexity index is 1440. The average molecular weight is 591 g/mol. The van der Waals surface area contributed by atoms with Crippen molar-refractivity contribution in [1.29, 1.82) is 0 Å². The van der Waals surface area contributed by atoms with Gasteiger partial charge in [-0.25, -0.2) is 8.42 Å². The molecule has 39 heavy (non-hydrogen) atoms. The van der Waals surface area contributed by atoms with Crippen LogP contribution >= 0.6 is 23.2 Å². The number of carbonyl (C=O) groups is 3. The van der Waals surface area contributed by atoms with Crippen LogP contribution in [0.4, 0.5) is 5.69 Å². The van der Waals surface area contributed by atoms with E-state index in [1.54, 1.807) is 30.3 Å². The summed E-state index contributed by atoms with van der Waals surface area (Å²) in [6.45, 7) is 0.597. The summed E-state index contributed by atoms with van der Waals surface area (Å²) in [5, 5.41) is 3.19. The summed E-state index contributed by atoms with van der Waals surface area (Å²) >= 11 is 12.8. The van der Waals surface area contributed by atoms with Crippen LogP contribution in [0.1, 0.15) is 28.4 Å². The first-order valence-electron chi connectivity index (χ1n) is 12.0. The van der Waals surface area contributed by atoms with E-state index in [2.05, 4.69) is 5.32 Å². The maximum absolute atomic E-state index is 14.0. The lowest BCUT2D eigenvalue weighted by atomic mass is 10.0. The van der Waals surface area contributed by atoms with Crippen molar-refractivity contribution in [1.82, 2.24) is 10.2 Å². The highest BCUT2D eigenvalue weighted by Gasteiger charge is 2.33. The van der Waals surface area contributed by atoms with Gasteiger partial charge < -0.3 is 10.2 Å². The van der Waals surface area contributed by atoms with E-state index in [1.807, 2.05) is 30.3 Å². The van der Waals surface area contributed by atoms with Gasteiger partial charge >= 0.3 is 0 Å². The highest BCUT2D eigenvalue weighted by molar-refractivity contribution is 7.92. The van der Waals surface area contributed by atoms with Crippen LogP contribution in [0.2, 0.25) is 10.0 Å². The number of likely N-dealkylation sites (N-methyl/N-ethyl adjacent to an activating group) is 1. The fraction of sp³-hybridized carbons (Fsp3) is 0.250. The smallest absolute Gasteiger partial charge is 0.244 e. The Hall–Kier alpha value is -3.40. The Morgan fingerprint density at radius 3 is 2.10 bits per heavy atom. The molecule has 3 rings (SSSR count). The van der Waals surface area contributed by atoms with Gasteiger partial charge in [0, 0.05) is 41.2 Å². The number of sulfonamides is 1. The normalized spacial score (nSPS) is 11.9. The number of carbonyl (C=O) groups excluding carboxylic acids is 3. The van der Waals surface area contributed by atoms with E-state index < -0.39 is 34.4 Å².